The van der Waals surface area contributed by atoms with Crippen LogP contribution >= 0.6 is 22.9 Å². The summed E-state index contributed by atoms with van der Waals surface area (Å²) in [6.45, 7) is 4.16. The van der Waals surface area contributed by atoms with Gasteiger partial charge in [-0.2, -0.15) is 13.9 Å². The number of nitrogens with zero attached hydrogens (tertiary/aromatic N) is 4. The lowest BCUT2D eigenvalue weighted by atomic mass is 10.2. The fourth-order valence-corrected chi connectivity index (χ4v) is 3.91. The zero-order valence-electron chi connectivity index (χ0n) is 13.7. The molecule has 3 heterocycles. The molecular formula is C14H16ClF4N5OS. The maximum absolute atomic E-state index is 13.4. The van der Waals surface area contributed by atoms with Crippen molar-refractivity contribution in [3.8, 4) is 0 Å². The number of aromatic nitrogens is 3. The van der Waals surface area contributed by atoms with Crippen molar-refractivity contribution in [2.75, 3.05) is 13.7 Å². The second kappa shape index (κ2) is 7.20. The zero-order valence-corrected chi connectivity index (χ0v) is 15.3. The molecule has 26 heavy (non-hydrogen) atoms. The van der Waals surface area contributed by atoms with E-state index in [2.05, 4.69) is 22.0 Å². The molecule has 1 fully saturated rings. The molecule has 0 aromatic carbocycles. The van der Waals surface area contributed by atoms with Crippen LogP contribution in [-0.4, -0.2) is 44.6 Å². The Morgan fingerprint density at radius 2 is 2.23 bits per heavy atom. The lowest BCUT2D eigenvalue weighted by molar-refractivity contribution is 0.0758. The summed E-state index contributed by atoms with van der Waals surface area (Å²) < 4.78 is 59.1. The van der Waals surface area contributed by atoms with Gasteiger partial charge in [-0.3, -0.25) is 0 Å². The Balaban J connectivity index is 1.85. The number of fused-ring (bicyclic) bond motifs is 1. The maximum atomic E-state index is 13.4. The van der Waals surface area contributed by atoms with Gasteiger partial charge >= 0.3 is 5.38 Å². The molecule has 1 saturated heterocycles. The van der Waals surface area contributed by atoms with Gasteiger partial charge in [0, 0.05) is 20.1 Å². The van der Waals surface area contributed by atoms with Gasteiger partial charge in [0.25, 0.3) is 6.43 Å². The molecule has 144 valence electrons. The van der Waals surface area contributed by atoms with Crippen LogP contribution in [0.2, 0.25) is 0 Å². The topological polar surface area (TPSA) is 54.7 Å². The summed E-state index contributed by atoms with van der Waals surface area (Å²) in [5.41, 5.74) is -0.193. The minimum absolute atomic E-state index is 0.00713. The number of alkyl halides is 5. The highest BCUT2D eigenvalue weighted by atomic mass is 35.5. The summed E-state index contributed by atoms with van der Waals surface area (Å²) in [7, 11) is 1.50. The van der Waals surface area contributed by atoms with Gasteiger partial charge in [-0.25, -0.2) is 18.3 Å². The van der Waals surface area contributed by atoms with Crippen molar-refractivity contribution in [3.63, 3.8) is 0 Å². The SMILES string of the molecule is C=C1NC(CC(F)(F)Cl)CN1Cc1c(C(F)F)nc2sc(COC)nn12. The van der Waals surface area contributed by atoms with E-state index in [1.54, 1.807) is 4.90 Å². The fourth-order valence-electron chi connectivity index (χ4n) is 2.83. The summed E-state index contributed by atoms with van der Waals surface area (Å²) in [6.07, 6.45) is -3.38. The number of halogens is 5. The standard InChI is InChI=1S/C14H16ClF4N5OS/c1-7-20-8(3-14(15,18)19)4-23(7)5-9-11(12(16)17)21-13-24(9)22-10(26-13)6-25-2/h8,12,20H,1,3-6H2,2H3. The third kappa shape index (κ3) is 4.04. The molecule has 0 amide bonds. The second-order valence-electron chi connectivity index (χ2n) is 5.86. The largest absolute Gasteiger partial charge is 0.377 e. The molecule has 0 spiro atoms. The van der Waals surface area contributed by atoms with Gasteiger partial charge in [-0.15, -0.1) is 0 Å². The van der Waals surface area contributed by atoms with Gasteiger partial charge in [-0.1, -0.05) is 17.9 Å². The third-order valence-electron chi connectivity index (χ3n) is 3.86. The number of hydrogen-bond donors (Lipinski definition) is 1. The van der Waals surface area contributed by atoms with Crippen LogP contribution in [0.25, 0.3) is 4.96 Å². The monoisotopic (exact) mass is 413 g/mol. The van der Waals surface area contributed by atoms with Crippen LogP contribution in [0.1, 0.15) is 29.2 Å². The molecule has 6 nitrogen and oxygen atoms in total. The molecule has 1 aliphatic rings. The minimum Gasteiger partial charge on any atom is -0.377 e. The molecule has 2 aromatic heterocycles. The van der Waals surface area contributed by atoms with Crippen molar-refractivity contribution >= 4 is 27.9 Å². The summed E-state index contributed by atoms with van der Waals surface area (Å²) in [4.78, 5) is 5.87. The van der Waals surface area contributed by atoms with Crippen molar-refractivity contribution in [1.82, 2.24) is 24.8 Å². The lowest BCUT2D eigenvalue weighted by Gasteiger charge is -2.18. The number of nitrogens with one attached hydrogen (secondary N) is 1. The van der Waals surface area contributed by atoms with E-state index in [4.69, 9.17) is 16.3 Å². The van der Waals surface area contributed by atoms with Crippen LogP contribution in [0.5, 0.6) is 0 Å². The first-order valence-electron chi connectivity index (χ1n) is 7.59. The summed E-state index contributed by atoms with van der Waals surface area (Å²) >= 11 is 6.12. The number of imidazole rings is 1. The van der Waals surface area contributed by atoms with Crippen LogP contribution in [-0.2, 0) is 17.9 Å². The minimum atomic E-state index is -3.35. The fraction of sp³-hybridized carbons (Fsp3) is 0.571. The van der Waals surface area contributed by atoms with E-state index >= 15 is 0 Å². The Hall–Kier alpha value is -1.59. The first kappa shape index (κ1) is 19.2. The third-order valence-corrected chi connectivity index (χ3v) is 4.89. The number of rotatable bonds is 7. The smallest absolute Gasteiger partial charge is 0.323 e. The van der Waals surface area contributed by atoms with Crippen molar-refractivity contribution < 1.29 is 22.3 Å². The summed E-state index contributed by atoms with van der Waals surface area (Å²) in [5.74, 6) is 0.360. The van der Waals surface area contributed by atoms with Gasteiger partial charge in [0.15, 0.2) is 0 Å². The Morgan fingerprint density at radius 3 is 2.85 bits per heavy atom. The molecular weight excluding hydrogens is 398 g/mol. The highest BCUT2D eigenvalue weighted by molar-refractivity contribution is 7.16. The van der Waals surface area contributed by atoms with Gasteiger partial charge in [0.05, 0.1) is 30.7 Å². The van der Waals surface area contributed by atoms with Gasteiger partial charge in [-0.05, 0) is 11.6 Å². The Labute approximate surface area is 155 Å². The van der Waals surface area contributed by atoms with Gasteiger partial charge in [0.1, 0.15) is 10.7 Å². The number of hydrogen-bond acceptors (Lipinski definition) is 6. The molecule has 0 aliphatic carbocycles. The van der Waals surface area contributed by atoms with Crippen LogP contribution in [0, 0.1) is 0 Å². The Bertz CT molecular complexity index is 805. The van der Waals surface area contributed by atoms with Crippen molar-refractivity contribution in [1.29, 1.82) is 0 Å². The van der Waals surface area contributed by atoms with Crippen LogP contribution in [0.4, 0.5) is 17.6 Å². The zero-order chi connectivity index (χ0) is 19.1. The molecule has 0 radical (unpaired) electrons. The molecule has 1 aliphatic heterocycles. The number of methoxy groups -OCH3 is 1. The Kier molecular flexibility index (Phi) is 5.31. The molecule has 1 N–H and O–H groups in total. The molecule has 0 bridgehead atoms. The van der Waals surface area contributed by atoms with E-state index in [1.165, 1.54) is 11.6 Å². The van der Waals surface area contributed by atoms with E-state index in [0.29, 0.717) is 15.8 Å². The van der Waals surface area contributed by atoms with E-state index in [-0.39, 0.29) is 31.1 Å². The molecule has 1 atom stereocenters. The molecule has 0 saturated carbocycles. The van der Waals surface area contributed by atoms with Crippen LogP contribution < -0.4 is 5.32 Å². The van der Waals surface area contributed by atoms with Gasteiger partial charge in [0.2, 0.25) is 4.96 Å². The molecule has 2 aromatic rings. The summed E-state index contributed by atoms with van der Waals surface area (Å²) in [6, 6.07) is -0.632. The first-order valence-corrected chi connectivity index (χ1v) is 8.79. The van der Waals surface area contributed by atoms with Gasteiger partial charge < -0.3 is 15.0 Å². The first-order chi connectivity index (χ1) is 12.2. The average Bonchev–Trinajstić information content (AvgIpc) is 3.13. The molecule has 1 unspecified atom stereocenters. The van der Waals surface area contributed by atoms with E-state index < -0.39 is 24.3 Å². The van der Waals surface area contributed by atoms with Crippen molar-refractivity contribution in [2.45, 2.75) is 37.4 Å². The normalized spacial score (nSPS) is 18.3. The predicted molar refractivity (Wildman–Crippen MR) is 88.4 cm³/mol. The summed E-state index contributed by atoms with van der Waals surface area (Å²) in [5, 5.41) is 4.30. The number of ether oxygens (including phenoxy) is 1. The highest BCUT2D eigenvalue weighted by Gasteiger charge is 2.35. The highest BCUT2D eigenvalue weighted by Crippen LogP contribution is 2.31. The van der Waals surface area contributed by atoms with Crippen LogP contribution in [0.15, 0.2) is 12.4 Å². The predicted octanol–water partition coefficient (Wildman–Crippen LogP) is 3.34. The van der Waals surface area contributed by atoms with E-state index in [0.717, 1.165) is 11.3 Å². The maximum Gasteiger partial charge on any atom is 0.323 e. The van der Waals surface area contributed by atoms with Crippen molar-refractivity contribution in [2.24, 2.45) is 0 Å². The quantitative estimate of drug-likeness (QED) is 0.557. The van der Waals surface area contributed by atoms with Crippen LogP contribution in [0.3, 0.4) is 0 Å². The molecule has 12 heteroatoms. The Morgan fingerprint density at radius 1 is 1.50 bits per heavy atom. The van der Waals surface area contributed by atoms with E-state index in [1.807, 2.05) is 0 Å². The van der Waals surface area contributed by atoms with E-state index in [9.17, 15) is 17.6 Å². The van der Waals surface area contributed by atoms with Crippen molar-refractivity contribution in [3.05, 3.63) is 28.8 Å². The average molecular weight is 414 g/mol. The molecule has 3 rings (SSSR count). The lowest BCUT2D eigenvalue weighted by Crippen LogP contribution is -2.29. The second-order valence-corrected chi connectivity index (χ2v) is 7.45.